The van der Waals surface area contributed by atoms with Crippen molar-refractivity contribution in [1.29, 1.82) is 0 Å². The van der Waals surface area contributed by atoms with Gasteiger partial charge in [-0.15, -0.1) is 0 Å². The lowest BCUT2D eigenvalue weighted by atomic mass is 9.85. The highest BCUT2D eigenvalue weighted by atomic mass is 15.2. The Labute approximate surface area is 109 Å². The summed E-state index contributed by atoms with van der Waals surface area (Å²) in [4.78, 5) is 0. The van der Waals surface area contributed by atoms with Gasteiger partial charge in [0.2, 0.25) is 0 Å². The lowest BCUT2D eigenvalue weighted by molar-refractivity contribution is 0.443. The Morgan fingerprint density at radius 3 is 2.61 bits per heavy atom. The third-order valence-corrected chi connectivity index (χ3v) is 3.58. The van der Waals surface area contributed by atoms with Crippen LogP contribution in [0.25, 0.3) is 0 Å². The summed E-state index contributed by atoms with van der Waals surface area (Å²) < 4.78 is 1.91. The predicted molar refractivity (Wildman–Crippen MR) is 74.2 cm³/mol. The molecule has 3 nitrogen and oxygen atoms in total. The van der Waals surface area contributed by atoms with Crippen LogP contribution in [0.4, 0.5) is 0 Å². The van der Waals surface area contributed by atoms with Gasteiger partial charge < -0.3 is 5.73 Å². The Kier molecular flexibility index (Phi) is 3.53. The van der Waals surface area contributed by atoms with E-state index in [9.17, 15) is 0 Å². The van der Waals surface area contributed by atoms with Gasteiger partial charge in [-0.1, -0.05) is 24.3 Å². The van der Waals surface area contributed by atoms with Crippen molar-refractivity contribution in [1.82, 2.24) is 9.78 Å². The lowest BCUT2D eigenvalue weighted by Gasteiger charge is -2.27. The van der Waals surface area contributed by atoms with Crippen LogP contribution in [-0.4, -0.2) is 9.78 Å². The minimum atomic E-state index is -0.296. The maximum atomic E-state index is 6.48. The second-order valence-corrected chi connectivity index (χ2v) is 5.18. The van der Waals surface area contributed by atoms with Crippen molar-refractivity contribution < 1.29 is 0 Å². The van der Waals surface area contributed by atoms with Gasteiger partial charge >= 0.3 is 0 Å². The van der Waals surface area contributed by atoms with E-state index < -0.39 is 0 Å². The SMILES string of the molecule is Cc1ccccc1C(C)(N)CCc1ccnn1C. The molecule has 0 fully saturated rings. The second kappa shape index (κ2) is 4.94. The molecule has 1 aromatic carbocycles. The summed E-state index contributed by atoms with van der Waals surface area (Å²) in [7, 11) is 1.97. The van der Waals surface area contributed by atoms with Crippen LogP contribution in [0.3, 0.4) is 0 Å². The molecule has 0 aliphatic carbocycles. The third kappa shape index (κ3) is 2.62. The molecule has 0 bridgehead atoms. The number of aromatic nitrogens is 2. The Morgan fingerprint density at radius 1 is 1.28 bits per heavy atom. The molecule has 1 heterocycles. The molecular formula is C15H21N3. The number of nitrogens with two attached hydrogens (primary N) is 1. The normalized spacial score (nSPS) is 14.4. The molecular weight excluding hydrogens is 222 g/mol. The topological polar surface area (TPSA) is 43.8 Å². The van der Waals surface area contributed by atoms with Crippen molar-refractivity contribution in [2.45, 2.75) is 32.2 Å². The molecule has 96 valence electrons. The third-order valence-electron chi connectivity index (χ3n) is 3.58. The van der Waals surface area contributed by atoms with E-state index in [1.54, 1.807) is 0 Å². The van der Waals surface area contributed by atoms with Crippen LogP contribution in [0.2, 0.25) is 0 Å². The zero-order valence-corrected chi connectivity index (χ0v) is 11.4. The van der Waals surface area contributed by atoms with Crippen LogP contribution >= 0.6 is 0 Å². The van der Waals surface area contributed by atoms with Crippen LogP contribution in [0.5, 0.6) is 0 Å². The van der Waals surface area contributed by atoms with E-state index in [4.69, 9.17) is 5.73 Å². The van der Waals surface area contributed by atoms with Crippen LogP contribution in [0.1, 0.15) is 30.2 Å². The number of hydrogen-bond donors (Lipinski definition) is 1. The first-order valence-electron chi connectivity index (χ1n) is 6.32. The van der Waals surface area contributed by atoms with Crippen molar-refractivity contribution >= 4 is 0 Å². The molecule has 2 aromatic rings. The van der Waals surface area contributed by atoms with Gasteiger partial charge in [-0.3, -0.25) is 4.68 Å². The molecule has 0 saturated carbocycles. The van der Waals surface area contributed by atoms with Gasteiger partial charge in [0.15, 0.2) is 0 Å². The molecule has 0 spiro atoms. The zero-order valence-electron chi connectivity index (χ0n) is 11.4. The van der Waals surface area contributed by atoms with Gasteiger partial charge in [0.1, 0.15) is 0 Å². The highest BCUT2D eigenvalue weighted by Crippen LogP contribution is 2.26. The standard InChI is InChI=1S/C15H21N3/c1-12-6-4-5-7-14(12)15(2,16)10-8-13-9-11-17-18(13)3/h4-7,9,11H,8,10,16H2,1-3H3. The molecule has 2 N–H and O–H groups in total. The van der Waals surface area contributed by atoms with Crippen molar-refractivity contribution in [3.63, 3.8) is 0 Å². The number of rotatable bonds is 4. The summed E-state index contributed by atoms with van der Waals surface area (Å²) in [6.07, 6.45) is 3.69. The van der Waals surface area contributed by atoms with Gasteiger partial charge in [-0.05, 0) is 43.9 Å². The zero-order chi connectivity index (χ0) is 13.2. The minimum Gasteiger partial charge on any atom is -0.322 e. The van der Waals surface area contributed by atoms with Crippen molar-refractivity contribution in [3.8, 4) is 0 Å². The molecule has 0 saturated heterocycles. The van der Waals surface area contributed by atoms with Gasteiger partial charge in [-0.25, -0.2) is 0 Å². The molecule has 1 aromatic heterocycles. The Bertz CT molecular complexity index is 526. The van der Waals surface area contributed by atoms with Crippen LogP contribution in [0.15, 0.2) is 36.5 Å². The lowest BCUT2D eigenvalue weighted by Crippen LogP contribution is -2.34. The molecule has 2 rings (SSSR count). The van der Waals surface area contributed by atoms with Crippen LogP contribution < -0.4 is 5.73 Å². The van der Waals surface area contributed by atoms with E-state index in [0.29, 0.717) is 0 Å². The van der Waals surface area contributed by atoms with Gasteiger partial charge in [0.05, 0.1) is 0 Å². The molecule has 3 heteroatoms. The summed E-state index contributed by atoms with van der Waals surface area (Å²) in [5, 5.41) is 4.18. The first-order chi connectivity index (χ1) is 8.50. The summed E-state index contributed by atoms with van der Waals surface area (Å²) >= 11 is 0. The van der Waals surface area contributed by atoms with E-state index in [1.807, 2.05) is 24.0 Å². The van der Waals surface area contributed by atoms with Gasteiger partial charge in [0, 0.05) is 24.5 Å². The van der Waals surface area contributed by atoms with Gasteiger partial charge in [0.25, 0.3) is 0 Å². The molecule has 18 heavy (non-hydrogen) atoms. The smallest absolute Gasteiger partial charge is 0.0492 e. The van der Waals surface area contributed by atoms with E-state index in [-0.39, 0.29) is 5.54 Å². The maximum absolute atomic E-state index is 6.48. The molecule has 1 unspecified atom stereocenters. The van der Waals surface area contributed by atoms with E-state index in [1.165, 1.54) is 16.8 Å². The molecule has 0 amide bonds. The maximum Gasteiger partial charge on any atom is 0.0492 e. The highest BCUT2D eigenvalue weighted by molar-refractivity contribution is 5.32. The Hall–Kier alpha value is -1.61. The van der Waals surface area contributed by atoms with E-state index in [0.717, 1.165) is 12.8 Å². The largest absolute Gasteiger partial charge is 0.322 e. The Morgan fingerprint density at radius 2 is 2.00 bits per heavy atom. The fraction of sp³-hybridized carbons (Fsp3) is 0.400. The van der Waals surface area contributed by atoms with Crippen LogP contribution in [-0.2, 0) is 19.0 Å². The monoisotopic (exact) mass is 243 g/mol. The average Bonchev–Trinajstić information content (AvgIpc) is 2.73. The van der Waals surface area contributed by atoms with E-state index >= 15 is 0 Å². The summed E-state index contributed by atoms with van der Waals surface area (Å²) in [6.45, 7) is 4.22. The fourth-order valence-corrected chi connectivity index (χ4v) is 2.38. The summed E-state index contributed by atoms with van der Waals surface area (Å²) in [5.41, 5.74) is 9.89. The predicted octanol–water partition coefficient (Wildman–Crippen LogP) is 2.54. The Balaban J connectivity index is 2.13. The van der Waals surface area contributed by atoms with Crippen molar-refractivity contribution in [3.05, 3.63) is 53.3 Å². The highest BCUT2D eigenvalue weighted by Gasteiger charge is 2.22. The quantitative estimate of drug-likeness (QED) is 0.896. The molecule has 1 atom stereocenters. The molecule has 0 aliphatic rings. The number of aryl methyl sites for hydroxylation is 3. The number of hydrogen-bond acceptors (Lipinski definition) is 2. The summed E-state index contributed by atoms with van der Waals surface area (Å²) in [6, 6.07) is 10.4. The first kappa shape index (κ1) is 12.8. The van der Waals surface area contributed by atoms with Gasteiger partial charge in [-0.2, -0.15) is 5.10 Å². The van der Waals surface area contributed by atoms with Crippen molar-refractivity contribution in [2.75, 3.05) is 0 Å². The number of nitrogens with zero attached hydrogens (tertiary/aromatic N) is 2. The van der Waals surface area contributed by atoms with Crippen molar-refractivity contribution in [2.24, 2.45) is 12.8 Å². The minimum absolute atomic E-state index is 0.296. The second-order valence-electron chi connectivity index (χ2n) is 5.18. The summed E-state index contributed by atoms with van der Waals surface area (Å²) in [5.74, 6) is 0. The number of benzene rings is 1. The molecule has 0 radical (unpaired) electrons. The fourth-order valence-electron chi connectivity index (χ4n) is 2.38. The van der Waals surface area contributed by atoms with Crippen LogP contribution in [0, 0.1) is 6.92 Å². The first-order valence-corrected chi connectivity index (χ1v) is 6.32. The molecule has 0 aliphatic heterocycles. The van der Waals surface area contributed by atoms with E-state index in [2.05, 4.69) is 43.2 Å². The average molecular weight is 243 g/mol.